The van der Waals surface area contributed by atoms with Crippen LogP contribution in [0, 0.1) is 29.6 Å². The third-order valence-corrected chi connectivity index (χ3v) is 10.9. The molecule has 6 rings (SSSR count). The molecular weight excluding hydrogens is 756 g/mol. The maximum atomic E-state index is 12.0. The molecule has 0 amide bonds. The van der Waals surface area contributed by atoms with Gasteiger partial charge in [-0.25, -0.2) is 9.97 Å². The molecule has 0 bridgehead atoms. The molecule has 272 valence electrons. The van der Waals surface area contributed by atoms with E-state index in [-0.39, 0.29) is 47.1 Å². The number of rotatable bonds is 11. The maximum absolute atomic E-state index is 12.0. The van der Waals surface area contributed by atoms with Crippen molar-refractivity contribution in [2.45, 2.75) is 41.5 Å². The van der Waals surface area contributed by atoms with E-state index in [9.17, 15) is 23.7 Å². The van der Waals surface area contributed by atoms with Gasteiger partial charge in [-0.2, -0.15) is 18.9 Å². The second kappa shape index (κ2) is 18.2. The second-order valence-electron chi connectivity index (χ2n) is 11.6. The van der Waals surface area contributed by atoms with E-state index in [1.807, 2.05) is 36.6 Å². The third-order valence-electron chi connectivity index (χ3n) is 7.82. The number of aromatic nitrogens is 2. The number of hydrogen-bond donors (Lipinski definition) is 3. The molecule has 1 fully saturated rings. The Hall–Kier alpha value is -5.00. The van der Waals surface area contributed by atoms with Crippen molar-refractivity contribution in [2.24, 2.45) is 0 Å². The summed E-state index contributed by atoms with van der Waals surface area (Å²) < 4.78 is 40.5. The first-order valence-electron chi connectivity index (χ1n) is 16.1. The van der Waals surface area contributed by atoms with Crippen LogP contribution in [-0.2, 0) is 25.4 Å². The van der Waals surface area contributed by atoms with Gasteiger partial charge in [0.25, 0.3) is 10.1 Å². The Balaban J connectivity index is 0.000000422. The van der Waals surface area contributed by atoms with Crippen LogP contribution in [0.2, 0.25) is 5.02 Å². The van der Waals surface area contributed by atoms with Crippen molar-refractivity contribution in [2.75, 3.05) is 25.5 Å². The molecule has 1 atom stereocenters. The molecule has 5 aromatic rings. The number of nitrogens with zero attached hydrogens (tertiary/aromatic N) is 4. The third kappa shape index (κ3) is 10.5. The van der Waals surface area contributed by atoms with Crippen molar-refractivity contribution in [1.29, 1.82) is 10.5 Å². The maximum Gasteiger partial charge on any atom is 0.323 e. The SMILES string of the molecule is Cc1ccc(S(=O)(=O)O)cc1.N#Cc1c(N)nc(SCc2csc(-c3ccc(Cl)cc3)n2)c(C#N)c1-c1ccc(OCCOC(=O)[C@@H]2CCCN2)cc1. The van der Waals surface area contributed by atoms with Crippen molar-refractivity contribution in [3.05, 3.63) is 106 Å². The minimum atomic E-state index is -4.02. The van der Waals surface area contributed by atoms with Crippen LogP contribution in [0.1, 0.15) is 35.2 Å². The van der Waals surface area contributed by atoms with E-state index in [1.165, 1.54) is 35.2 Å². The van der Waals surface area contributed by atoms with E-state index in [2.05, 4.69) is 22.4 Å². The lowest BCUT2D eigenvalue weighted by molar-refractivity contribution is -0.146. The number of hydrogen-bond acceptors (Lipinski definition) is 13. The number of nitriles is 2. The smallest absolute Gasteiger partial charge is 0.323 e. The molecule has 0 unspecified atom stereocenters. The van der Waals surface area contributed by atoms with Crippen LogP contribution >= 0.6 is 34.7 Å². The highest BCUT2D eigenvalue weighted by atomic mass is 35.5. The lowest BCUT2D eigenvalue weighted by atomic mass is 9.97. The topological polar surface area (TPSA) is 201 Å². The van der Waals surface area contributed by atoms with Crippen molar-refractivity contribution in [3.8, 4) is 39.6 Å². The van der Waals surface area contributed by atoms with E-state index in [0.717, 1.165) is 41.2 Å². The molecule has 16 heteroatoms. The first kappa shape index (κ1) is 39.2. The molecule has 0 aliphatic carbocycles. The first-order valence-corrected chi connectivity index (χ1v) is 19.8. The quantitative estimate of drug-likeness (QED) is 0.0532. The normalized spacial score (nSPS) is 13.6. The number of ether oxygens (including phenoxy) is 2. The molecule has 4 N–H and O–H groups in total. The average molecular weight is 789 g/mol. The van der Waals surface area contributed by atoms with Crippen LogP contribution in [0.5, 0.6) is 5.75 Å². The largest absolute Gasteiger partial charge is 0.490 e. The van der Waals surface area contributed by atoms with Gasteiger partial charge in [-0.1, -0.05) is 65.3 Å². The number of nitrogens with two attached hydrogens (primary N) is 1. The molecule has 3 heterocycles. The van der Waals surface area contributed by atoms with Gasteiger partial charge >= 0.3 is 5.97 Å². The van der Waals surface area contributed by atoms with E-state index < -0.39 is 10.1 Å². The zero-order valence-corrected chi connectivity index (χ0v) is 31.5. The Bertz CT molecular complexity index is 2250. The summed E-state index contributed by atoms with van der Waals surface area (Å²) in [7, 11) is -4.02. The number of nitrogen functional groups attached to an aromatic ring is 1. The van der Waals surface area contributed by atoms with Crippen molar-refractivity contribution >= 4 is 56.6 Å². The molecule has 0 saturated carbocycles. The van der Waals surface area contributed by atoms with E-state index >= 15 is 0 Å². The van der Waals surface area contributed by atoms with Gasteiger partial charge in [0.1, 0.15) is 58.6 Å². The van der Waals surface area contributed by atoms with Gasteiger partial charge in [0, 0.05) is 27.3 Å². The number of anilines is 1. The molecular formula is C37H33ClN6O6S3. The Morgan fingerprint density at radius 1 is 1.02 bits per heavy atom. The zero-order valence-electron chi connectivity index (χ0n) is 28.3. The van der Waals surface area contributed by atoms with Gasteiger partial charge in [-0.15, -0.1) is 11.3 Å². The van der Waals surface area contributed by atoms with E-state index in [4.69, 9.17) is 36.3 Å². The Morgan fingerprint density at radius 3 is 2.32 bits per heavy atom. The summed E-state index contributed by atoms with van der Waals surface area (Å²) in [6.45, 7) is 3.00. The van der Waals surface area contributed by atoms with Gasteiger partial charge in [0.15, 0.2) is 0 Å². The Labute approximate surface area is 320 Å². The number of benzene rings is 3. The molecule has 53 heavy (non-hydrogen) atoms. The van der Waals surface area contributed by atoms with Crippen LogP contribution in [0.25, 0.3) is 21.7 Å². The fourth-order valence-corrected chi connectivity index (χ4v) is 7.57. The predicted octanol–water partition coefficient (Wildman–Crippen LogP) is 7.06. The van der Waals surface area contributed by atoms with Gasteiger partial charge in [-0.3, -0.25) is 9.35 Å². The second-order valence-corrected chi connectivity index (χ2v) is 15.2. The fourth-order valence-electron chi connectivity index (χ4n) is 5.15. The number of thioether (sulfide) groups is 1. The summed E-state index contributed by atoms with van der Waals surface area (Å²) in [6, 6.07) is 24.5. The van der Waals surface area contributed by atoms with Crippen molar-refractivity contribution in [3.63, 3.8) is 0 Å². The zero-order chi connectivity index (χ0) is 38.0. The van der Waals surface area contributed by atoms with E-state index in [1.54, 1.807) is 36.4 Å². The number of pyridine rings is 1. The first-order chi connectivity index (χ1) is 25.5. The summed E-state index contributed by atoms with van der Waals surface area (Å²) in [5.41, 5.74) is 10.4. The highest BCUT2D eigenvalue weighted by molar-refractivity contribution is 7.98. The lowest BCUT2D eigenvalue weighted by Crippen LogP contribution is -2.33. The molecule has 1 aliphatic heterocycles. The minimum absolute atomic E-state index is 0.0491. The standard InChI is InChI=1S/C30H25ClN6O3S2.C7H8O3S/c31-20-7-3-19(4-8-20)28-36-21(16-41-28)17-42-29-24(15-33)26(23(14-32)27(34)37-29)18-5-9-22(10-6-18)39-12-13-40-30(38)25-2-1-11-35-25;1-6-2-4-7(5-3-6)11(8,9)10/h3-10,16,25,35H,1-2,11-13,17H2,(H2,34,37);2-5H,1H3,(H,8,9,10)/t25-;/m0./s1. The molecule has 3 aromatic carbocycles. The molecule has 12 nitrogen and oxygen atoms in total. The highest BCUT2D eigenvalue weighted by Gasteiger charge is 2.23. The monoisotopic (exact) mass is 788 g/mol. The minimum Gasteiger partial charge on any atom is -0.490 e. The number of nitrogens with one attached hydrogen (secondary N) is 1. The number of carbonyl (C=O) groups is 1. The number of halogens is 1. The van der Waals surface area contributed by atoms with Crippen LogP contribution in [0.3, 0.4) is 0 Å². The van der Waals surface area contributed by atoms with Gasteiger partial charge in [0.05, 0.1) is 16.2 Å². The van der Waals surface area contributed by atoms with Crippen LogP contribution < -0.4 is 15.8 Å². The van der Waals surface area contributed by atoms with Crippen molar-refractivity contribution in [1.82, 2.24) is 15.3 Å². The van der Waals surface area contributed by atoms with Crippen LogP contribution in [0.15, 0.2) is 88.1 Å². The molecule has 0 spiro atoms. The lowest BCUT2D eigenvalue weighted by Gasteiger charge is -2.14. The summed E-state index contributed by atoms with van der Waals surface area (Å²) in [5.74, 6) is 0.806. The fraction of sp³-hybridized carbons (Fsp3) is 0.216. The summed E-state index contributed by atoms with van der Waals surface area (Å²) in [6.07, 6.45) is 1.75. The van der Waals surface area contributed by atoms with Crippen molar-refractivity contribution < 1.29 is 27.2 Å². The van der Waals surface area contributed by atoms with Crippen LogP contribution in [0.4, 0.5) is 5.82 Å². The number of carbonyl (C=O) groups excluding carboxylic acids is 1. The molecule has 1 saturated heterocycles. The Kier molecular flexibility index (Phi) is 13.4. The molecule has 1 aliphatic rings. The van der Waals surface area contributed by atoms with Gasteiger partial charge in [0.2, 0.25) is 0 Å². The van der Waals surface area contributed by atoms with E-state index in [0.29, 0.717) is 32.7 Å². The average Bonchev–Trinajstić information content (AvgIpc) is 3.87. The summed E-state index contributed by atoms with van der Waals surface area (Å²) in [5, 5.41) is 27.0. The predicted molar refractivity (Wildman–Crippen MR) is 204 cm³/mol. The summed E-state index contributed by atoms with van der Waals surface area (Å²) in [4.78, 5) is 21.0. The molecule has 2 aromatic heterocycles. The number of thiazole rings is 1. The van der Waals surface area contributed by atoms with Gasteiger partial charge < -0.3 is 20.5 Å². The number of esters is 1. The summed E-state index contributed by atoms with van der Waals surface area (Å²) >= 11 is 8.85. The molecule has 0 radical (unpaired) electrons. The Morgan fingerprint density at radius 2 is 1.70 bits per heavy atom. The number of aryl methyl sites for hydroxylation is 1. The van der Waals surface area contributed by atoms with Gasteiger partial charge in [-0.05, 0) is 68.3 Å². The highest BCUT2D eigenvalue weighted by Crippen LogP contribution is 2.37. The van der Waals surface area contributed by atoms with Crippen LogP contribution in [-0.4, -0.2) is 54.7 Å².